The van der Waals surface area contributed by atoms with Crippen molar-refractivity contribution in [3.63, 3.8) is 0 Å². The van der Waals surface area contributed by atoms with Crippen LogP contribution < -0.4 is 0 Å². The zero-order chi connectivity index (χ0) is 9.26. The van der Waals surface area contributed by atoms with Gasteiger partial charge in [0.2, 0.25) is 0 Å². The topological polar surface area (TPSA) is 39.9 Å². The van der Waals surface area contributed by atoms with Gasteiger partial charge in [-0.2, -0.15) is 9.90 Å². The molecule has 72 valence electrons. The first-order valence-electron chi connectivity index (χ1n) is 4.44. The first-order valence-corrected chi connectivity index (χ1v) is 5.23. The molecule has 0 N–H and O–H groups in total. The Hall–Kier alpha value is -0.420. The van der Waals surface area contributed by atoms with Crippen LogP contribution in [0.2, 0.25) is 0 Å². The lowest BCUT2D eigenvalue weighted by atomic mass is 10.1. The summed E-state index contributed by atoms with van der Waals surface area (Å²) in [5.41, 5.74) is 0.950. The van der Waals surface area contributed by atoms with Crippen LogP contribution in [0.4, 0.5) is 0 Å². The molecule has 0 aliphatic carbocycles. The van der Waals surface area contributed by atoms with Gasteiger partial charge in [-0.05, 0) is 35.7 Å². The first kappa shape index (κ1) is 9.15. The van der Waals surface area contributed by atoms with E-state index in [1.54, 1.807) is 0 Å². The zero-order valence-electron chi connectivity index (χ0n) is 7.53. The van der Waals surface area contributed by atoms with E-state index in [1.807, 2.05) is 11.7 Å². The van der Waals surface area contributed by atoms with E-state index in [0.29, 0.717) is 6.04 Å². The maximum absolute atomic E-state index is 5.28. The van der Waals surface area contributed by atoms with Gasteiger partial charge in [-0.25, -0.2) is 0 Å². The normalized spacial score (nSPS) is 19.2. The van der Waals surface area contributed by atoms with Gasteiger partial charge in [-0.15, -0.1) is 5.10 Å². The first-order chi connectivity index (χ1) is 6.27. The van der Waals surface area contributed by atoms with Crippen molar-refractivity contribution in [2.75, 3.05) is 13.2 Å². The van der Waals surface area contributed by atoms with Gasteiger partial charge in [0.1, 0.15) is 0 Å². The van der Waals surface area contributed by atoms with Crippen LogP contribution in [-0.4, -0.2) is 28.2 Å². The van der Waals surface area contributed by atoms with Crippen LogP contribution in [0, 0.1) is 6.92 Å². The van der Waals surface area contributed by atoms with Crippen molar-refractivity contribution < 1.29 is 4.74 Å². The fraction of sp³-hybridized carbons (Fsp3) is 0.750. The summed E-state index contributed by atoms with van der Waals surface area (Å²) >= 11 is 3.36. The van der Waals surface area contributed by atoms with E-state index in [-0.39, 0.29) is 0 Å². The van der Waals surface area contributed by atoms with Crippen LogP contribution in [-0.2, 0) is 4.74 Å². The van der Waals surface area contributed by atoms with Crippen molar-refractivity contribution in [2.45, 2.75) is 25.8 Å². The van der Waals surface area contributed by atoms with Crippen LogP contribution >= 0.6 is 15.9 Å². The third-order valence-electron chi connectivity index (χ3n) is 2.26. The molecule has 1 aromatic rings. The summed E-state index contributed by atoms with van der Waals surface area (Å²) in [5, 5.41) is 8.64. The van der Waals surface area contributed by atoms with Gasteiger partial charge in [-0.1, -0.05) is 0 Å². The number of aromatic nitrogens is 3. The summed E-state index contributed by atoms with van der Waals surface area (Å²) in [4.78, 5) is 1.81. The summed E-state index contributed by atoms with van der Waals surface area (Å²) in [6, 6.07) is 0.416. The Bertz CT molecular complexity index is 274. The lowest BCUT2D eigenvalue weighted by Gasteiger charge is -2.20. The average molecular weight is 246 g/mol. The Labute approximate surface area is 85.4 Å². The number of aryl methyl sites for hydroxylation is 1. The minimum absolute atomic E-state index is 0.416. The maximum atomic E-state index is 5.28. The maximum Gasteiger partial charge on any atom is 0.151 e. The lowest BCUT2D eigenvalue weighted by Crippen LogP contribution is -2.21. The molecule has 0 radical (unpaired) electrons. The van der Waals surface area contributed by atoms with Gasteiger partial charge in [-0.3, -0.25) is 0 Å². The standard InChI is InChI=1S/C8H12BrN3O/c1-6-8(9)11-12(10-6)7-2-4-13-5-3-7/h7H,2-5H2,1H3. The zero-order valence-corrected chi connectivity index (χ0v) is 9.12. The highest BCUT2D eigenvalue weighted by molar-refractivity contribution is 9.10. The van der Waals surface area contributed by atoms with Crippen molar-refractivity contribution in [1.29, 1.82) is 0 Å². The highest BCUT2D eigenvalue weighted by Crippen LogP contribution is 2.20. The lowest BCUT2D eigenvalue weighted by molar-refractivity contribution is 0.0619. The van der Waals surface area contributed by atoms with Crippen LogP contribution in [0.15, 0.2) is 4.60 Å². The number of nitrogens with zero attached hydrogens (tertiary/aromatic N) is 3. The fourth-order valence-electron chi connectivity index (χ4n) is 1.46. The largest absolute Gasteiger partial charge is 0.381 e. The molecule has 0 saturated carbocycles. The molecule has 0 spiro atoms. The van der Waals surface area contributed by atoms with Gasteiger partial charge >= 0.3 is 0 Å². The Morgan fingerprint density at radius 2 is 2.08 bits per heavy atom. The number of hydrogen-bond donors (Lipinski definition) is 0. The van der Waals surface area contributed by atoms with Crippen molar-refractivity contribution in [3.05, 3.63) is 10.3 Å². The van der Waals surface area contributed by atoms with E-state index in [4.69, 9.17) is 4.74 Å². The summed E-state index contributed by atoms with van der Waals surface area (Å²) in [6.45, 7) is 3.60. The molecule has 1 aromatic heterocycles. The van der Waals surface area contributed by atoms with Gasteiger partial charge < -0.3 is 4.74 Å². The Balaban J connectivity index is 2.14. The molecule has 4 nitrogen and oxygen atoms in total. The van der Waals surface area contributed by atoms with Gasteiger partial charge in [0.15, 0.2) is 4.60 Å². The summed E-state index contributed by atoms with van der Waals surface area (Å²) in [7, 11) is 0. The van der Waals surface area contributed by atoms with Crippen LogP contribution in [0.5, 0.6) is 0 Å². The second-order valence-corrected chi connectivity index (χ2v) is 3.99. The van der Waals surface area contributed by atoms with Crippen molar-refractivity contribution >= 4 is 15.9 Å². The van der Waals surface area contributed by atoms with Crippen molar-refractivity contribution in [3.8, 4) is 0 Å². The Kier molecular flexibility index (Phi) is 2.64. The van der Waals surface area contributed by atoms with E-state index in [2.05, 4.69) is 26.1 Å². The van der Waals surface area contributed by atoms with E-state index >= 15 is 0 Å². The predicted molar refractivity (Wildman–Crippen MR) is 51.5 cm³/mol. The second kappa shape index (κ2) is 3.75. The highest BCUT2D eigenvalue weighted by atomic mass is 79.9. The van der Waals surface area contributed by atoms with Gasteiger partial charge in [0.05, 0.1) is 11.7 Å². The quantitative estimate of drug-likeness (QED) is 0.757. The molecule has 0 aromatic carbocycles. The number of rotatable bonds is 1. The minimum Gasteiger partial charge on any atom is -0.381 e. The van der Waals surface area contributed by atoms with Crippen LogP contribution in [0.25, 0.3) is 0 Å². The molecule has 0 unspecified atom stereocenters. The van der Waals surface area contributed by atoms with Crippen molar-refractivity contribution in [1.82, 2.24) is 15.0 Å². The molecule has 1 saturated heterocycles. The van der Waals surface area contributed by atoms with Gasteiger partial charge in [0, 0.05) is 13.2 Å². The highest BCUT2D eigenvalue weighted by Gasteiger charge is 2.18. The van der Waals surface area contributed by atoms with E-state index in [1.165, 1.54) is 0 Å². The fourth-order valence-corrected chi connectivity index (χ4v) is 1.70. The molecule has 2 rings (SSSR count). The summed E-state index contributed by atoms with van der Waals surface area (Å²) in [6.07, 6.45) is 2.03. The second-order valence-electron chi connectivity index (χ2n) is 3.24. The molecule has 13 heavy (non-hydrogen) atoms. The molecule has 1 aliphatic rings. The van der Waals surface area contributed by atoms with E-state index in [9.17, 15) is 0 Å². The Morgan fingerprint density at radius 3 is 2.62 bits per heavy atom. The SMILES string of the molecule is Cc1nn(C2CCOCC2)nc1Br. The van der Waals surface area contributed by atoms with Gasteiger partial charge in [0.25, 0.3) is 0 Å². The van der Waals surface area contributed by atoms with E-state index < -0.39 is 0 Å². The smallest absolute Gasteiger partial charge is 0.151 e. The molecular weight excluding hydrogens is 234 g/mol. The number of hydrogen-bond acceptors (Lipinski definition) is 3. The molecule has 0 amide bonds. The average Bonchev–Trinajstić information content (AvgIpc) is 2.49. The van der Waals surface area contributed by atoms with Crippen LogP contribution in [0.3, 0.4) is 0 Å². The van der Waals surface area contributed by atoms with Crippen molar-refractivity contribution in [2.24, 2.45) is 0 Å². The molecule has 5 heteroatoms. The molecular formula is C8H12BrN3O. The number of halogens is 1. The minimum atomic E-state index is 0.416. The summed E-state index contributed by atoms with van der Waals surface area (Å²) in [5.74, 6) is 0. The third kappa shape index (κ3) is 1.91. The molecule has 0 atom stereocenters. The predicted octanol–water partition coefficient (Wildman–Crippen LogP) is 1.70. The third-order valence-corrected chi connectivity index (χ3v) is 2.99. The molecule has 0 bridgehead atoms. The molecule has 2 heterocycles. The summed E-state index contributed by atoms with van der Waals surface area (Å²) < 4.78 is 6.12. The van der Waals surface area contributed by atoms with Crippen LogP contribution in [0.1, 0.15) is 24.6 Å². The monoisotopic (exact) mass is 245 g/mol. The van der Waals surface area contributed by atoms with E-state index in [0.717, 1.165) is 36.4 Å². The molecule has 1 fully saturated rings. The molecule has 1 aliphatic heterocycles. The number of ether oxygens (including phenoxy) is 1. The Morgan fingerprint density at radius 1 is 1.38 bits per heavy atom.